The van der Waals surface area contributed by atoms with Gasteiger partial charge in [0.05, 0.1) is 0 Å². The van der Waals surface area contributed by atoms with Gasteiger partial charge in [0.2, 0.25) is 0 Å². The molecular weight excluding hydrogens is 357 g/mol. The SMILES string of the molecule is CCN(Cc1ccc(C(=O)N2CCC(C)(CN)C2)cc1)C1CC1.Cl.Cl. The predicted molar refractivity (Wildman–Crippen MR) is 108 cm³/mol. The summed E-state index contributed by atoms with van der Waals surface area (Å²) >= 11 is 0. The minimum absolute atomic E-state index is 0. The summed E-state index contributed by atoms with van der Waals surface area (Å²) in [6.45, 7) is 8.71. The molecule has 1 saturated heterocycles. The molecule has 25 heavy (non-hydrogen) atoms. The molecule has 3 rings (SSSR count). The Balaban J connectivity index is 0.00000156. The number of likely N-dealkylation sites (tertiary alicyclic amines) is 1. The fourth-order valence-electron chi connectivity index (χ4n) is 3.47. The van der Waals surface area contributed by atoms with Crippen LogP contribution in [0.2, 0.25) is 0 Å². The molecule has 1 heterocycles. The van der Waals surface area contributed by atoms with Gasteiger partial charge in [0, 0.05) is 31.2 Å². The topological polar surface area (TPSA) is 49.6 Å². The first-order chi connectivity index (χ1) is 11.0. The summed E-state index contributed by atoms with van der Waals surface area (Å²) in [7, 11) is 0. The van der Waals surface area contributed by atoms with E-state index in [0.29, 0.717) is 6.54 Å². The molecule has 1 amide bonds. The Hall–Kier alpha value is -0.810. The zero-order valence-electron chi connectivity index (χ0n) is 15.2. The number of nitrogens with zero attached hydrogens (tertiary/aromatic N) is 2. The molecule has 2 N–H and O–H groups in total. The highest BCUT2D eigenvalue weighted by molar-refractivity contribution is 5.94. The molecule has 1 atom stereocenters. The van der Waals surface area contributed by atoms with E-state index in [0.717, 1.165) is 44.2 Å². The molecule has 1 aromatic rings. The van der Waals surface area contributed by atoms with Crippen LogP contribution in [0, 0.1) is 5.41 Å². The number of halogens is 2. The Labute approximate surface area is 163 Å². The van der Waals surface area contributed by atoms with Crippen LogP contribution in [0.15, 0.2) is 24.3 Å². The van der Waals surface area contributed by atoms with E-state index in [2.05, 4.69) is 30.9 Å². The molecule has 2 aliphatic rings. The van der Waals surface area contributed by atoms with E-state index in [1.54, 1.807) is 0 Å². The van der Waals surface area contributed by atoms with Gasteiger partial charge < -0.3 is 10.6 Å². The summed E-state index contributed by atoms with van der Waals surface area (Å²) in [6, 6.07) is 8.96. The third-order valence-corrected chi connectivity index (χ3v) is 5.39. The smallest absolute Gasteiger partial charge is 0.253 e. The van der Waals surface area contributed by atoms with Crippen LogP contribution in [-0.4, -0.2) is 47.9 Å². The average molecular weight is 388 g/mol. The molecule has 142 valence electrons. The molecule has 0 aromatic heterocycles. The summed E-state index contributed by atoms with van der Waals surface area (Å²) in [5.41, 5.74) is 8.01. The number of amides is 1. The average Bonchev–Trinajstić information content (AvgIpc) is 3.34. The molecule has 6 heteroatoms. The number of carbonyl (C=O) groups is 1. The third kappa shape index (κ3) is 5.33. The van der Waals surface area contributed by atoms with Crippen molar-refractivity contribution in [1.29, 1.82) is 0 Å². The lowest BCUT2D eigenvalue weighted by Gasteiger charge is -2.23. The van der Waals surface area contributed by atoms with Crippen LogP contribution in [0.25, 0.3) is 0 Å². The summed E-state index contributed by atoms with van der Waals surface area (Å²) in [4.78, 5) is 17.1. The zero-order chi connectivity index (χ0) is 16.4. The number of carbonyl (C=O) groups excluding carboxylic acids is 1. The van der Waals surface area contributed by atoms with Gasteiger partial charge in [0.25, 0.3) is 5.91 Å². The number of rotatable bonds is 6. The van der Waals surface area contributed by atoms with E-state index in [1.807, 2.05) is 17.0 Å². The monoisotopic (exact) mass is 387 g/mol. The Morgan fingerprint density at radius 1 is 1.28 bits per heavy atom. The van der Waals surface area contributed by atoms with Crippen molar-refractivity contribution < 1.29 is 4.79 Å². The van der Waals surface area contributed by atoms with Gasteiger partial charge in [-0.05, 0) is 55.5 Å². The Morgan fingerprint density at radius 2 is 1.92 bits per heavy atom. The number of hydrogen-bond donors (Lipinski definition) is 1. The molecule has 0 radical (unpaired) electrons. The predicted octanol–water partition coefficient (Wildman–Crippen LogP) is 3.33. The minimum Gasteiger partial charge on any atom is -0.338 e. The van der Waals surface area contributed by atoms with Crippen molar-refractivity contribution in [2.45, 2.75) is 45.7 Å². The first kappa shape index (κ1) is 22.2. The minimum atomic E-state index is 0. The van der Waals surface area contributed by atoms with Gasteiger partial charge in [-0.1, -0.05) is 26.0 Å². The van der Waals surface area contributed by atoms with Crippen molar-refractivity contribution in [2.24, 2.45) is 11.1 Å². The van der Waals surface area contributed by atoms with E-state index in [1.165, 1.54) is 18.4 Å². The van der Waals surface area contributed by atoms with Crippen molar-refractivity contribution in [1.82, 2.24) is 9.80 Å². The first-order valence-corrected chi connectivity index (χ1v) is 8.87. The van der Waals surface area contributed by atoms with E-state index in [-0.39, 0.29) is 36.1 Å². The van der Waals surface area contributed by atoms with Gasteiger partial charge in [-0.15, -0.1) is 24.8 Å². The maximum atomic E-state index is 12.6. The molecule has 4 nitrogen and oxygen atoms in total. The highest BCUT2D eigenvalue weighted by Crippen LogP contribution is 2.30. The van der Waals surface area contributed by atoms with E-state index < -0.39 is 0 Å². The van der Waals surface area contributed by atoms with Crippen LogP contribution < -0.4 is 5.73 Å². The van der Waals surface area contributed by atoms with Crippen LogP contribution in [-0.2, 0) is 6.54 Å². The maximum Gasteiger partial charge on any atom is 0.253 e. The van der Waals surface area contributed by atoms with Gasteiger partial charge in [0.15, 0.2) is 0 Å². The normalized spacial score (nSPS) is 22.5. The molecular formula is C19H31Cl2N3O. The van der Waals surface area contributed by atoms with Crippen molar-refractivity contribution in [2.75, 3.05) is 26.2 Å². The van der Waals surface area contributed by atoms with Crippen molar-refractivity contribution in [3.63, 3.8) is 0 Å². The second-order valence-corrected chi connectivity index (χ2v) is 7.48. The van der Waals surface area contributed by atoms with Crippen LogP contribution in [0.3, 0.4) is 0 Å². The summed E-state index contributed by atoms with van der Waals surface area (Å²) in [6.07, 6.45) is 3.67. The maximum absolute atomic E-state index is 12.6. The highest BCUT2D eigenvalue weighted by atomic mass is 35.5. The number of hydrogen-bond acceptors (Lipinski definition) is 3. The molecule has 1 aliphatic heterocycles. The summed E-state index contributed by atoms with van der Waals surface area (Å²) < 4.78 is 0. The summed E-state index contributed by atoms with van der Waals surface area (Å²) in [5.74, 6) is 0.142. The Morgan fingerprint density at radius 3 is 2.40 bits per heavy atom. The fourth-order valence-corrected chi connectivity index (χ4v) is 3.47. The van der Waals surface area contributed by atoms with Crippen LogP contribution in [0.1, 0.15) is 49.0 Å². The second-order valence-electron chi connectivity index (χ2n) is 7.48. The second kappa shape index (κ2) is 9.22. The molecule has 1 saturated carbocycles. The number of nitrogens with two attached hydrogens (primary N) is 1. The fraction of sp³-hybridized carbons (Fsp3) is 0.632. The molecule has 1 unspecified atom stereocenters. The molecule has 1 aliphatic carbocycles. The molecule has 0 spiro atoms. The van der Waals surface area contributed by atoms with Crippen LogP contribution >= 0.6 is 24.8 Å². The van der Waals surface area contributed by atoms with Gasteiger partial charge in [-0.25, -0.2) is 0 Å². The van der Waals surface area contributed by atoms with Crippen molar-refractivity contribution in [3.05, 3.63) is 35.4 Å². The van der Waals surface area contributed by atoms with Gasteiger partial charge in [-0.3, -0.25) is 9.69 Å². The highest BCUT2D eigenvalue weighted by Gasteiger charge is 2.35. The van der Waals surface area contributed by atoms with Gasteiger partial charge >= 0.3 is 0 Å². The quantitative estimate of drug-likeness (QED) is 0.813. The van der Waals surface area contributed by atoms with E-state index >= 15 is 0 Å². The van der Waals surface area contributed by atoms with Crippen LogP contribution in [0.5, 0.6) is 0 Å². The Kier molecular flexibility index (Phi) is 8.20. The standard InChI is InChI=1S/C19H29N3O.2ClH/c1-3-21(17-8-9-17)12-15-4-6-16(7-5-15)18(23)22-11-10-19(2,13-20)14-22;;/h4-7,17H,3,8-14,20H2,1-2H3;2*1H. The molecule has 0 bridgehead atoms. The van der Waals surface area contributed by atoms with Gasteiger partial charge in [-0.2, -0.15) is 0 Å². The van der Waals surface area contributed by atoms with Crippen LogP contribution in [0.4, 0.5) is 0 Å². The lowest BCUT2D eigenvalue weighted by molar-refractivity contribution is 0.0777. The number of benzene rings is 1. The third-order valence-electron chi connectivity index (χ3n) is 5.39. The van der Waals surface area contributed by atoms with E-state index in [4.69, 9.17) is 5.73 Å². The van der Waals surface area contributed by atoms with E-state index in [9.17, 15) is 4.79 Å². The van der Waals surface area contributed by atoms with Crippen molar-refractivity contribution >= 4 is 30.7 Å². The lowest BCUT2D eigenvalue weighted by Crippen LogP contribution is -2.34. The Bertz CT molecular complexity index is 562. The summed E-state index contributed by atoms with van der Waals surface area (Å²) in [5, 5.41) is 0. The lowest BCUT2D eigenvalue weighted by atomic mass is 9.90. The first-order valence-electron chi connectivity index (χ1n) is 8.87. The molecule has 1 aromatic carbocycles. The van der Waals surface area contributed by atoms with Crippen molar-refractivity contribution in [3.8, 4) is 0 Å². The zero-order valence-corrected chi connectivity index (χ0v) is 16.9. The molecule has 2 fully saturated rings. The van der Waals surface area contributed by atoms with Gasteiger partial charge in [0.1, 0.15) is 0 Å². The largest absolute Gasteiger partial charge is 0.338 e.